The minimum absolute atomic E-state index is 0. The van der Waals surface area contributed by atoms with Crippen LogP contribution in [0, 0.1) is 12.8 Å². The second-order valence-corrected chi connectivity index (χ2v) is 26.8. The Hall–Kier alpha value is -6.78. The number of amides is 8. The van der Waals surface area contributed by atoms with Crippen molar-refractivity contribution in [2.24, 2.45) is 23.1 Å². The third-order valence-corrected chi connectivity index (χ3v) is 18.0. The van der Waals surface area contributed by atoms with Crippen molar-refractivity contribution in [1.29, 1.82) is 0 Å². The minimum atomic E-state index is -2.33. The summed E-state index contributed by atoms with van der Waals surface area (Å²) in [4.78, 5) is 130. The number of thiazole rings is 2. The van der Waals surface area contributed by atoms with Crippen LogP contribution in [0.3, 0.4) is 0 Å². The molecule has 19 atom stereocenters. The molecule has 8 amide bonds. The molecule has 42 heteroatoms. The van der Waals surface area contributed by atoms with E-state index in [0.29, 0.717) is 22.3 Å². The monoisotopic (exact) mass is 1470 g/mol. The fourth-order valence-electron chi connectivity index (χ4n) is 9.64. The normalized spacial score (nSPS) is 23.8. The van der Waals surface area contributed by atoms with Crippen molar-refractivity contribution < 1.29 is 120 Å². The Morgan fingerprint density at radius 1 is 0.835 bits per heavy atom. The molecule has 0 aliphatic carbocycles. The number of imidazole rings is 1. The van der Waals surface area contributed by atoms with Gasteiger partial charge in [-0.05, 0) is 37.7 Å². The van der Waals surface area contributed by atoms with Gasteiger partial charge in [0, 0.05) is 54.9 Å². The molecule has 0 saturated carbocycles. The summed E-state index contributed by atoms with van der Waals surface area (Å²) in [5.74, 6) is -8.33. The van der Waals surface area contributed by atoms with Crippen molar-refractivity contribution >= 4 is 86.8 Å². The van der Waals surface area contributed by atoms with Crippen LogP contribution in [-0.4, -0.2) is 267 Å². The first-order valence-corrected chi connectivity index (χ1v) is 33.6. The van der Waals surface area contributed by atoms with Crippen molar-refractivity contribution in [3.05, 3.63) is 73.1 Å². The van der Waals surface area contributed by atoms with Crippen molar-refractivity contribution in [1.82, 2.24) is 51.2 Å². The number of aromatic amines is 1. The van der Waals surface area contributed by atoms with E-state index in [-0.39, 0.29) is 63.8 Å². The molecule has 38 nitrogen and oxygen atoms in total. The smallest absolute Gasteiger partial charge is 0.668 e. The summed E-state index contributed by atoms with van der Waals surface area (Å²) in [6.07, 6.45) is -20.4. The van der Waals surface area contributed by atoms with Gasteiger partial charge in [0.15, 0.2) is 24.6 Å². The molecule has 2 fully saturated rings. The van der Waals surface area contributed by atoms with E-state index in [9.17, 15) is 74.4 Å². The zero-order valence-corrected chi connectivity index (χ0v) is 56.6. The van der Waals surface area contributed by atoms with Crippen molar-refractivity contribution in [3.63, 3.8) is 0 Å². The molecule has 19 unspecified atom stereocenters. The summed E-state index contributed by atoms with van der Waals surface area (Å²) >= 11 is 2.52. The number of H-pyrrole nitrogens is 1. The average molecular weight is 1470 g/mol. The fourth-order valence-corrected chi connectivity index (χ4v) is 12.0. The van der Waals surface area contributed by atoms with Gasteiger partial charge in [-0.25, -0.2) is 29.7 Å². The van der Waals surface area contributed by atoms with E-state index < -0.39 is 201 Å². The van der Waals surface area contributed by atoms with Crippen molar-refractivity contribution in [2.45, 2.75) is 157 Å². The Kier molecular flexibility index (Phi) is 31.2. The molecule has 0 aromatic carbocycles. The Bertz CT molecular complexity index is 3290. The number of hydrogen-bond acceptors (Lipinski definition) is 29. The van der Waals surface area contributed by atoms with E-state index >= 15 is 4.79 Å². The van der Waals surface area contributed by atoms with Gasteiger partial charge in [-0.1, -0.05) is 19.0 Å². The van der Waals surface area contributed by atoms with Crippen molar-refractivity contribution in [2.75, 3.05) is 56.8 Å². The van der Waals surface area contributed by atoms with Gasteiger partial charge in [0.25, 0.3) is 5.91 Å². The molecule has 2 aliphatic heterocycles. The van der Waals surface area contributed by atoms with Gasteiger partial charge in [-0.3, -0.25) is 28.8 Å². The summed E-state index contributed by atoms with van der Waals surface area (Å²) in [6, 6.07) is -8.53. The number of ether oxygens (including phenoxy) is 5. The third kappa shape index (κ3) is 21.9. The summed E-state index contributed by atoms with van der Waals surface area (Å²) in [5.41, 5.74) is 29.8. The molecule has 2 aliphatic rings. The van der Waals surface area contributed by atoms with Crippen molar-refractivity contribution in [3.8, 4) is 10.7 Å². The predicted molar refractivity (Wildman–Crippen MR) is 339 cm³/mol. The van der Waals surface area contributed by atoms with E-state index in [0.717, 1.165) is 24.7 Å². The fraction of sp³-hybridized carbons (Fsp3) is 0.618. The first-order valence-electron chi connectivity index (χ1n) is 29.7. The molecule has 6 rings (SSSR count). The minimum Gasteiger partial charge on any atom is -0.668 e. The second-order valence-electron chi connectivity index (χ2n) is 22.6. The van der Waals surface area contributed by atoms with Gasteiger partial charge in [0.2, 0.25) is 23.6 Å². The summed E-state index contributed by atoms with van der Waals surface area (Å²) in [5, 5.41) is 111. The SMILES string of the molecule is Cc1c(N)nc(C(CC(N)=O)[N-]CC([NH-])C(N)=O)nc1C(=O)[N-]C(C(=O)NC(C)C(O)C(C)C(=O)NC(C(=O)NCCc1nc(-c2nc(C(=O)NCCC[S+](C)C)cs2)cs1)C(C)O)C(OC1OC(CO)C(O)C(O)C1OC1OC(CO)C(O)C(OC(N)=O)C1O)c1c[nH]cn1.[Fe+3]. The summed E-state index contributed by atoms with van der Waals surface area (Å²) in [7, 11) is 0.252. The number of hydrogen-bond donors (Lipinski definition) is 17. The molecule has 2 saturated heterocycles. The Balaban J connectivity index is 0.0000170. The molecule has 537 valence electrons. The van der Waals surface area contributed by atoms with Crippen LogP contribution in [0.2, 0.25) is 0 Å². The maximum absolute atomic E-state index is 15.1. The largest absolute Gasteiger partial charge is 3.00 e. The number of rotatable bonds is 35. The number of nitrogens with one attached hydrogen (secondary N) is 6. The Morgan fingerprint density at radius 3 is 2.13 bits per heavy atom. The zero-order valence-electron chi connectivity index (χ0n) is 53.0. The topological polar surface area (TPSA) is 629 Å². The first-order chi connectivity index (χ1) is 45.3. The molecular formula is C55H81FeN17O21S3+. The molecule has 4 aromatic heterocycles. The predicted octanol–water partition coefficient (Wildman–Crippen LogP) is -5.04. The van der Waals surface area contributed by atoms with E-state index in [1.54, 1.807) is 10.8 Å². The number of nitrogens with zero attached hydrogens (tertiary/aromatic N) is 7. The van der Waals surface area contributed by atoms with Crippen LogP contribution in [-0.2, 0) is 82.0 Å². The van der Waals surface area contributed by atoms with E-state index in [2.05, 4.69) is 74.3 Å². The standard InChI is InChI=1S/C55H82N17O21S3.Fe/c1-20-33(69-46(72-44(20)58)25(12-31(57)76)64-13-24(56)45(59)82)50(86)71-35(41(26-14-61-19-65-26)91-54-43(39(80)37(78)29(15-73)90-54)92-53-40(81)42(93-55(60)88)38(79)30(16-74)89-53)51(87)66-22(3)36(77)21(2)47(83)70-34(23(4)75)49(85)63-10-8-32-67-28(18-94-32)52-68-27(17-95-52)48(84)62-9-7-11-96(5)6;/h14,17-19,21-25,29-30,34-43,53-54,56,73-75,77-81H,7-13,15-16H2,1-6H3,(H14,57,58,59,60,61,62,63,65,66,69,70,71,72,76,82,83,84,85,86,87,88);/q-1;+3/p-1. The summed E-state index contributed by atoms with van der Waals surface area (Å²) in [6.45, 7) is 2.81. The Labute approximate surface area is 575 Å². The number of nitrogen functional groups attached to an aromatic ring is 1. The number of aromatic nitrogens is 6. The molecule has 6 heterocycles. The zero-order chi connectivity index (χ0) is 71.0. The van der Waals surface area contributed by atoms with Crippen LogP contribution < -0.4 is 44.2 Å². The molecule has 1 radical (unpaired) electrons. The molecule has 97 heavy (non-hydrogen) atoms. The van der Waals surface area contributed by atoms with Gasteiger partial charge < -0.3 is 135 Å². The number of anilines is 1. The molecule has 22 N–H and O–H groups in total. The van der Waals surface area contributed by atoms with E-state index in [1.807, 2.05) is 0 Å². The van der Waals surface area contributed by atoms with Crippen LogP contribution in [0.25, 0.3) is 27.1 Å². The number of carbonyl (C=O) groups is 8. The molecule has 0 bridgehead atoms. The van der Waals surface area contributed by atoms with E-state index in [4.69, 9.17) is 52.4 Å². The maximum atomic E-state index is 15.1. The average Bonchev–Trinajstić information content (AvgIpc) is 1.16. The summed E-state index contributed by atoms with van der Waals surface area (Å²) < 4.78 is 28.6. The second kappa shape index (κ2) is 37.4. The molecular weight excluding hydrogens is 1390 g/mol. The van der Waals surface area contributed by atoms with Crippen LogP contribution in [0.4, 0.5) is 10.6 Å². The van der Waals surface area contributed by atoms with Gasteiger partial charge in [-0.2, -0.15) is 6.54 Å². The maximum Gasteiger partial charge on any atom is 3.00 e. The molecule has 0 spiro atoms. The number of carbonyl (C=O) groups excluding carboxylic acids is 8. The number of nitrogens with two attached hydrogens (primary N) is 4. The first kappa shape index (κ1) is 80.9. The van der Waals surface area contributed by atoms with Crippen LogP contribution >= 0.6 is 22.7 Å². The van der Waals surface area contributed by atoms with Gasteiger partial charge in [0.1, 0.15) is 88.5 Å². The number of aliphatic hydroxyl groups is 8. The molecule has 4 aromatic rings. The van der Waals surface area contributed by atoms with Gasteiger partial charge in [0.05, 0.1) is 78.7 Å². The van der Waals surface area contributed by atoms with Crippen LogP contribution in [0.1, 0.15) is 88.8 Å². The Morgan fingerprint density at radius 2 is 1.52 bits per heavy atom. The van der Waals surface area contributed by atoms with Gasteiger partial charge in [-0.15, -0.1) is 22.7 Å². The van der Waals surface area contributed by atoms with Gasteiger partial charge >= 0.3 is 23.2 Å². The van der Waals surface area contributed by atoms with Crippen LogP contribution in [0.15, 0.2) is 23.3 Å². The van der Waals surface area contributed by atoms with E-state index in [1.165, 1.54) is 50.4 Å². The number of primary amides is 3. The quantitative estimate of drug-likeness (QED) is 0.0116. The third-order valence-electron chi connectivity index (χ3n) is 15.1. The number of aliphatic hydroxyl groups excluding tert-OH is 8. The van der Waals surface area contributed by atoms with Crippen LogP contribution in [0.5, 0.6) is 0 Å².